The molecular formula is C20H48N6O8. The van der Waals surface area contributed by atoms with Crippen LogP contribution in [-0.2, 0) is 9.59 Å². The van der Waals surface area contributed by atoms with Crippen molar-refractivity contribution in [2.75, 3.05) is 54.1 Å². The topological polar surface area (TPSA) is 272 Å². The average molecular weight is 501 g/mol. The molecule has 206 valence electrons. The van der Waals surface area contributed by atoms with Crippen LogP contribution in [0.15, 0.2) is 0 Å². The smallest absolute Gasteiger partial charge is 0.320 e. The van der Waals surface area contributed by atoms with Gasteiger partial charge in [0.15, 0.2) is 5.96 Å². The standard InChI is InChI=1S/C6H14N4O2.C6H13NO2.C5H14NO.C3H8O3/c7-4(5(11)12)2-1-3-10-6(8)9;1-4(2)3-5(7)6(8)9;1-6(2,3)4-5-7;4-1-3(6)2-5/h4H,1-3,7H2,(H,11,12)(H4,8,9,10);4-5H,3,7H2,1-2H3,(H,8,9);7H,4-5H2,1-3H3;3-6H,1-2H2/q;;+1;/p-1/t4-;5-;;/m00../s1. The van der Waals surface area contributed by atoms with Crippen molar-refractivity contribution in [3.05, 3.63) is 0 Å². The van der Waals surface area contributed by atoms with Crippen LogP contribution in [0, 0.1) is 11.3 Å². The van der Waals surface area contributed by atoms with E-state index in [2.05, 4.69) is 26.5 Å². The number of hydrogen-bond donors (Lipinski definition) is 10. The summed E-state index contributed by atoms with van der Waals surface area (Å²) in [6.45, 7) is 4.71. The number of carboxylic acid groups (broad SMARTS) is 2. The zero-order valence-corrected chi connectivity index (χ0v) is 21.1. The summed E-state index contributed by atoms with van der Waals surface area (Å²) in [7, 11) is 6.16. The highest BCUT2D eigenvalue weighted by molar-refractivity contribution is 5.74. The molecule has 0 saturated carbocycles. The van der Waals surface area contributed by atoms with Crippen molar-refractivity contribution in [1.82, 2.24) is 5.32 Å². The molecule has 0 spiro atoms. The lowest BCUT2D eigenvalue weighted by Crippen LogP contribution is -2.42. The quantitative estimate of drug-likeness (QED) is 0.0528. The van der Waals surface area contributed by atoms with Crippen molar-refractivity contribution < 1.29 is 44.7 Å². The van der Waals surface area contributed by atoms with Gasteiger partial charge in [0.25, 0.3) is 0 Å². The molecule has 0 amide bonds. The fourth-order valence-corrected chi connectivity index (χ4v) is 1.63. The molecule has 0 fully saturated rings. The number of rotatable bonds is 12. The van der Waals surface area contributed by atoms with Crippen molar-refractivity contribution in [1.29, 1.82) is 5.41 Å². The van der Waals surface area contributed by atoms with Gasteiger partial charge in [-0.05, 0) is 25.2 Å². The third-order valence-electron chi connectivity index (χ3n) is 3.54. The maximum absolute atomic E-state index is 10.2. The first-order chi connectivity index (χ1) is 15.4. The number of aliphatic hydroxyl groups is 4. The Bertz CT molecular complexity index is 514. The Kier molecular flexibility index (Phi) is 27.7. The third-order valence-corrected chi connectivity index (χ3v) is 3.54. The van der Waals surface area contributed by atoms with Crippen molar-refractivity contribution in [2.24, 2.45) is 23.1 Å². The van der Waals surface area contributed by atoms with Crippen LogP contribution in [-0.4, -0.2) is 120 Å². The van der Waals surface area contributed by atoms with Crippen LogP contribution in [0.4, 0.5) is 0 Å². The number of nitrogens with two attached hydrogens (primary N) is 3. The summed E-state index contributed by atoms with van der Waals surface area (Å²) < 4.78 is 0.844. The first kappa shape index (κ1) is 39.2. The van der Waals surface area contributed by atoms with Crippen LogP contribution >= 0.6 is 0 Å². The Morgan fingerprint density at radius 3 is 1.71 bits per heavy atom. The molecule has 0 aliphatic heterocycles. The molecule has 0 bridgehead atoms. The number of carbonyl (C=O) groups excluding carboxylic acids is 1. The minimum absolute atomic E-state index is 0.112. The zero-order chi connectivity index (χ0) is 27.9. The van der Waals surface area contributed by atoms with Crippen LogP contribution in [0.25, 0.3) is 0 Å². The summed E-state index contributed by atoms with van der Waals surface area (Å²) in [4.78, 5) is 20.2. The number of quaternary nitrogens is 1. The maximum Gasteiger partial charge on any atom is 0.320 e. The summed E-state index contributed by atoms with van der Waals surface area (Å²) in [5, 5.41) is 60.1. The number of nitrogens with zero attached hydrogens (tertiary/aromatic N) is 1. The number of carboxylic acids is 2. The van der Waals surface area contributed by atoms with Crippen LogP contribution in [0.3, 0.4) is 0 Å². The molecule has 0 rings (SSSR count). The third kappa shape index (κ3) is 40.3. The van der Waals surface area contributed by atoms with E-state index in [-0.39, 0.29) is 25.8 Å². The predicted molar refractivity (Wildman–Crippen MR) is 127 cm³/mol. The number of hydrogen-bond acceptors (Lipinski definition) is 10. The lowest BCUT2D eigenvalue weighted by Gasteiger charge is -2.21. The van der Waals surface area contributed by atoms with Crippen molar-refractivity contribution in [3.8, 4) is 0 Å². The summed E-state index contributed by atoms with van der Waals surface area (Å²) in [5.41, 5.74) is 15.4. The van der Waals surface area contributed by atoms with Crippen molar-refractivity contribution in [3.63, 3.8) is 0 Å². The second-order valence-electron chi connectivity index (χ2n) is 8.74. The molecule has 14 heteroatoms. The normalized spacial score (nSPS) is 12.1. The van der Waals surface area contributed by atoms with Crippen LogP contribution in [0.5, 0.6) is 0 Å². The van der Waals surface area contributed by atoms with Gasteiger partial charge < -0.3 is 62.4 Å². The zero-order valence-electron chi connectivity index (χ0n) is 21.1. The van der Waals surface area contributed by atoms with Crippen molar-refractivity contribution >= 4 is 17.9 Å². The fourth-order valence-electron chi connectivity index (χ4n) is 1.63. The Hall–Kier alpha value is -2.07. The number of carbonyl (C=O) groups is 2. The summed E-state index contributed by atoms with van der Waals surface area (Å²) in [6.07, 6.45) is 0.510. The number of nitrogens with one attached hydrogen (secondary N) is 2. The van der Waals surface area contributed by atoms with Gasteiger partial charge in [-0.3, -0.25) is 10.2 Å². The van der Waals surface area contributed by atoms with Gasteiger partial charge in [-0.2, -0.15) is 0 Å². The highest BCUT2D eigenvalue weighted by atomic mass is 16.4. The molecule has 0 radical (unpaired) electrons. The van der Waals surface area contributed by atoms with Crippen LogP contribution < -0.4 is 27.6 Å². The highest BCUT2D eigenvalue weighted by Crippen LogP contribution is 2.00. The molecule has 2 atom stereocenters. The van der Waals surface area contributed by atoms with E-state index < -0.39 is 30.1 Å². The molecular weight excluding hydrogens is 452 g/mol. The lowest BCUT2D eigenvalue weighted by molar-refractivity contribution is -0.870. The predicted octanol–water partition coefficient (Wildman–Crippen LogP) is -4.21. The van der Waals surface area contributed by atoms with Gasteiger partial charge in [0.1, 0.15) is 18.7 Å². The summed E-state index contributed by atoms with van der Waals surface area (Å²) >= 11 is 0. The second-order valence-corrected chi connectivity index (χ2v) is 8.74. The van der Waals surface area contributed by atoms with E-state index in [0.717, 1.165) is 11.0 Å². The lowest BCUT2D eigenvalue weighted by atomic mass is 10.1. The van der Waals surface area contributed by atoms with Crippen LogP contribution in [0.1, 0.15) is 33.1 Å². The number of likely N-dealkylation sites (N-methyl/N-ethyl adjacent to an activating group) is 1. The molecule has 0 aromatic heterocycles. The van der Waals surface area contributed by atoms with Crippen molar-refractivity contribution in [2.45, 2.75) is 51.3 Å². The van der Waals surface area contributed by atoms with Gasteiger partial charge >= 0.3 is 5.97 Å². The fraction of sp³-hybridized carbons (Fsp3) is 0.850. The first-order valence-electron chi connectivity index (χ1n) is 10.8. The minimum Gasteiger partial charge on any atom is -0.548 e. The Labute approximate surface area is 202 Å². The molecule has 0 heterocycles. The first-order valence-corrected chi connectivity index (χ1v) is 10.8. The molecule has 0 aliphatic carbocycles. The van der Waals surface area contributed by atoms with E-state index >= 15 is 0 Å². The van der Waals surface area contributed by atoms with Gasteiger partial charge in [0, 0.05) is 12.6 Å². The summed E-state index contributed by atoms with van der Waals surface area (Å²) in [5.74, 6) is -1.96. The molecule has 34 heavy (non-hydrogen) atoms. The molecule has 0 unspecified atom stereocenters. The Morgan fingerprint density at radius 2 is 1.53 bits per heavy atom. The minimum atomic E-state index is -1.16. The molecule has 0 aliphatic rings. The van der Waals surface area contributed by atoms with E-state index in [1.165, 1.54) is 0 Å². The van der Waals surface area contributed by atoms with Gasteiger partial charge in [-0.15, -0.1) is 0 Å². The monoisotopic (exact) mass is 500 g/mol. The van der Waals surface area contributed by atoms with E-state index in [9.17, 15) is 14.7 Å². The van der Waals surface area contributed by atoms with E-state index in [0.29, 0.717) is 31.7 Å². The molecule has 0 aromatic carbocycles. The average Bonchev–Trinajstić information content (AvgIpc) is 2.70. The molecule has 13 N–H and O–H groups in total. The molecule has 0 aromatic rings. The van der Waals surface area contributed by atoms with E-state index in [4.69, 9.17) is 48.1 Å². The van der Waals surface area contributed by atoms with Gasteiger partial charge in [0.05, 0.1) is 46.9 Å². The Morgan fingerprint density at radius 1 is 1.06 bits per heavy atom. The van der Waals surface area contributed by atoms with Gasteiger partial charge in [0.2, 0.25) is 0 Å². The van der Waals surface area contributed by atoms with Gasteiger partial charge in [-0.1, -0.05) is 13.8 Å². The molecule has 14 nitrogen and oxygen atoms in total. The molecule has 0 saturated heterocycles. The van der Waals surface area contributed by atoms with Gasteiger partial charge in [-0.25, -0.2) is 0 Å². The second kappa shape index (κ2) is 24.1. The largest absolute Gasteiger partial charge is 0.548 e. The van der Waals surface area contributed by atoms with E-state index in [1.54, 1.807) is 0 Å². The maximum atomic E-state index is 10.2. The summed E-state index contributed by atoms with van der Waals surface area (Å²) in [6, 6.07) is -1.62. The number of aliphatic hydroxyl groups excluding tert-OH is 4. The van der Waals surface area contributed by atoms with E-state index in [1.807, 2.05) is 13.8 Å². The van der Waals surface area contributed by atoms with Crippen LogP contribution in [0.2, 0.25) is 0 Å². The SMILES string of the molecule is CC(C)C[C@H](N)C(=O)[O-].C[N+](C)(C)CCO.N=C(N)NCCC[C@H](N)C(=O)O.OCC(O)CO. The number of guanidine groups is 1. The highest BCUT2D eigenvalue weighted by Gasteiger charge is 2.09. The Balaban J connectivity index is -0.000000183. The number of aliphatic carboxylic acids is 2.